The fraction of sp³-hybridized carbons (Fsp3) is 0.200. The molecule has 0 saturated carbocycles. The Balaban J connectivity index is 2.09. The summed E-state index contributed by atoms with van der Waals surface area (Å²) < 4.78 is 6.70. The third-order valence-electron chi connectivity index (χ3n) is 2.77. The van der Waals surface area contributed by atoms with Crippen LogP contribution in [0.2, 0.25) is 10.0 Å². The van der Waals surface area contributed by atoms with Gasteiger partial charge in [-0.25, -0.2) is 0 Å². The second-order valence-corrected chi connectivity index (χ2v) is 6.02. The molecule has 0 heterocycles. The van der Waals surface area contributed by atoms with Crippen LogP contribution in [-0.4, -0.2) is 7.05 Å². The lowest BCUT2D eigenvalue weighted by atomic mass is 10.2. The summed E-state index contributed by atoms with van der Waals surface area (Å²) in [4.78, 5) is 0. The van der Waals surface area contributed by atoms with Crippen molar-refractivity contribution in [3.63, 3.8) is 0 Å². The molecule has 5 heteroatoms. The first kappa shape index (κ1) is 15.6. The Morgan fingerprint density at radius 1 is 1.15 bits per heavy atom. The molecule has 0 unspecified atom stereocenters. The average molecular weight is 375 g/mol. The molecule has 0 saturated heterocycles. The first-order chi connectivity index (χ1) is 9.60. The van der Waals surface area contributed by atoms with Gasteiger partial charge in [0.15, 0.2) is 0 Å². The standard InChI is InChI=1S/C15H14BrCl2NO/c1-19-8-10-2-5-15(13(16)6-10)20-9-11-7-12(17)3-4-14(11)18/h2-7,19H,8-9H2,1H3. The Hall–Kier alpha value is -0.740. The van der Waals surface area contributed by atoms with E-state index in [4.69, 9.17) is 27.9 Å². The van der Waals surface area contributed by atoms with Crippen LogP contribution < -0.4 is 10.1 Å². The largest absolute Gasteiger partial charge is 0.488 e. The van der Waals surface area contributed by atoms with E-state index in [-0.39, 0.29) is 0 Å². The second-order valence-electron chi connectivity index (χ2n) is 4.32. The summed E-state index contributed by atoms with van der Waals surface area (Å²) in [6.07, 6.45) is 0. The van der Waals surface area contributed by atoms with Crippen LogP contribution in [-0.2, 0) is 13.2 Å². The van der Waals surface area contributed by atoms with Gasteiger partial charge in [0.25, 0.3) is 0 Å². The number of hydrogen-bond donors (Lipinski definition) is 1. The molecular formula is C15H14BrCl2NO. The maximum atomic E-state index is 6.11. The fourth-order valence-electron chi connectivity index (χ4n) is 1.78. The normalized spacial score (nSPS) is 10.6. The quantitative estimate of drug-likeness (QED) is 0.790. The molecule has 20 heavy (non-hydrogen) atoms. The Labute approximate surface area is 137 Å². The SMILES string of the molecule is CNCc1ccc(OCc2cc(Cl)ccc2Cl)c(Br)c1. The van der Waals surface area contributed by atoms with Crippen molar-refractivity contribution in [1.29, 1.82) is 0 Å². The highest BCUT2D eigenvalue weighted by molar-refractivity contribution is 9.10. The van der Waals surface area contributed by atoms with Gasteiger partial charge in [0.2, 0.25) is 0 Å². The van der Waals surface area contributed by atoms with E-state index < -0.39 is 0 Å². The monoisotopic (exact) mass is 373 g/mol. The zero-order valence-corrected chi connectivity index (χ0v) is 14.0. The molecule has 0 spiro atoms. The first-order valence-corrected chi connectivity index (χ1v) is 7.65. The number of nitrogens with one attached hydrogen (secondary N) is 1. The molecular weight excluding hydrogens is 361 g/mol. The zero-order valence-electron chi connectivity index (χ0n) is 10.9. The van der Waals surface area contributed by atoms with Gasteiger partial charge >= 0.3 is 0 Å². The molecule has 0 radical (unpaired) electrons. The number of ether oxygens (including phenoxy) is 1. The smallest absolute Gasteiger partial charge is 0.134 e. The number of benzene rings is 2. The lowest BCUT2D eigenvalue weighted by Gasteiger charge is -2.11. The van der Waals surface area contributed by atoms with E-state index in [0.717, 1.165) is 22.3 Å². The van der Waals surface area contributed by atoms with E-state index >= 15 is 0 Å². The Morgan fingerprint density at radius 2 is 1.95 bits per heavy atom. The van der Waals surface area contributed by atoms with E-state index in [9.17, 15) is 0 Å². The highest BCUT2D eigenvalue weighted by atomic mass is 79.9. The van der Waals surface area contributed by atoms with Crippen molar-refractivity contribution in [3.8, 4) is 5.75 Å². The molecule has 2 aromatic carbocycles. The molecule has 0 fully saturated rings. The molecule has 0 atom stereocenters. The number of halogens is 3. The second kappa shape index (κ2) is 7.32. The van der Waals surface area contributed by atoms with Crippen molar-refractivity contribution in [1.82, 2.24) is 5.32 Å². The summed E-state index contributed by atoms with van der Waals surface area (Å²) in [6.45, 7) is 1.20. The number of rotatable bonds is 5. The van der Waals surface area contributed by atoms with Crippen molar-refractivity contribution in [3.05, 3.63) is 62.0 Å². The molecule has 2 rings (SSSR count). The lowest BCUT2D eigenvalue weighted by Crippen LogP contribution is -2.05. The Bertz CT molecular complexity index is 604. The molecule has 0 aliphatic rings. The molecule has 0 aliphatic carbocycles. The van der Waals surface area contributed by atoms with Crippen LogP contribution in [0.25, 0.3) is 0 Å². The molecule has 0 amide bonds. The van der Waals surface area contributed by atoms with Crippen molar-refractivity contribution in [2.24, 2.45) is 0 Å². The van der Waals surface area contributed by atoms with E-state index in [0.29, 0.717) is 16.7 Å². The third kappa shape index (κ3) is 4.13. The van der Waals surface area contributed by atoms with Crippen LogP contribution >= 0.6 is 39.1 Å². The molecule has 2 aromatic rings. The van der Waals surface area contributed by atoms with Gasteiger partial charge in [0.05, 0.1) is 4.47 Å². The van der Waals surface area contributed by atoms with Crippen LogP contribution in [0.5, 0.6) is 5.75 Å². The first-order valence-electron chi connectivity index (χ1n) is 6.10. The van der Waals surface area contributed by atoms with E-state index in [1.807, 2.05) is 31.3 Å². The van der Waals surface area contributed by atoms with Crippen LogP contribution in [0.3, 0.4) is 0 Å². The molecule has 0 bridgehead atoms. The van der Waals surface area contributed by atoms with Gasteiger partial charge in [-0.1, -0.05) is 29.3 Å². The van der Waals surface area contributed by atoms with Gasteiger partial charge in [-0.15, -0.1) is 0 Å². The van der Waals surface area contributed by atoms with E-state index in [2.05, 4.69) is 21.2 Å². The lowest BCUT2D eigenvalue weighted by molar-refractivity contribution is 0.304. The third-order valence-corrected chi connectivity index (χ3v) is 3.99. The minimum Gasteiger partial charge on any atom is -0.488 e. The van der Waals surface area contributed by atoms with Crippen molar-refractivity contribution in [2.75, 3.05) is 7.05 Å². The fourth-order valence-corrected chi connectivity index (χ4v) is 2.69. The maximum Gasteiger partial charge on any atom is 0.134 e. The predicted octanol–water partition coefficient (Wildman–Crippen LogP) is 5.05. The molecule has 2 nitrogen and oxygen atoms in total. The van der Waals surface area contributed by atoms with E-state index in [1.54, 1.807) is 12.1 Å². The summed E-state index contributed by atoms with van der Waals surface area (Å²) in [6, 6.07) is 11.3. The van der Waals surface area contributed by atoms with Gasteiger partial charge in [0, 0.05) is 22.2 Å². The van der Waals surface area contributed by atoms with Crippen LogP contribution in [0.1, 0.15) is 11.1 Å². The summed E-state index contributed by atoms with van der Waals surface area (Å²) in [5.74, 6) is 0.779. The van der Waals surface area contributed by atoms with Gasteiger partial charge in [-0.3, -0.25) is 0 Å². The Kier molecular flexibility index (Phi) is 5.73. The minimum atomic E-state index is 0.378. The summed E-state index contributed by atoms with van der Waals surface area (Å²) >= 11 is 15.6. The summed E-state index contributed by atoms with van der Waals surface area (Å²) in [7, 11) is 1.92. The van der Waals surface area contributed by atoms with Gasteiger partial charge in [-0.05, 0) is 58.9 Å². The van der Waals surface area contributed by atoms with Gasteiger partial charge in [0.1, 0.15) is 12.4 Å². The van der Waals surface area contributed by atoms with E-state index in [1.165, 1.54) is 5.56 Å². The van der Waals surface area contributed by atoms with Gasteiger partial charge in [-0.2, -0.15) is 0 Å². The number of hydrogen-bond acceptors (Lipinski definition) is 2. The molecule has 0 aliphatic heterocycles. The van der Waals surface area contributed by atoms with Crippen LogP contribution in [0.4, 0.5) is 0 Å². The predicted molar refractivity (Wildman–Crippen MR) is 87.7 cm³/mol. The highest BCUT2D eigenvalue weighted by Gasteiger charge is 2.06. The molecule has 106 valence electrons. The topological polar surface area (TPSA) is 21.3 Å². The van der Waals surface area contributed by atoms with Crippen molar-refractivity contribution < 1.29 is 4.74 Å². The molecule has 0 aromatic heterocycles. The van der Waals surface area contributed by atoms with Crippen LogP contribution in [0.15, 0.2) is 40.9 Å². The highest BCUT2D eigenvalue weighted by Crippen LogP contribution is 2.28. The molecule has 1 N–H and O–H groups in total. The Morgan fingerprint density at radius 3 is 2.65 bits per heavy atom. The van der Waals surface area contributed by atoms with Crippen LogP contribution in [0, 0.1) is 0 Å². The summed E-state index contributed by atoms with van der Waals surface area (Å²) in [5.41, 5.74) is 2.05. The minimum absolute atomic E-state index is 0.378. The van der Waals surface area contributed by atoms with Crippen molar-refractivity contribution in [2.45, 2.75) is 13.2 Å². The van der Waals surface area contributed by atoms with Crippen molar-refractivity contribution >= 4 is 39.1 Å². The summed E-state index contributed by atoms with van der Waals surface area (Å²) in [5, 5.41) is 4.41. The zero-order chi connectivity index (χ0) is 14.5. The average Bonchev–Trinajstić information content (AvgIpc) is 2.42. The maximum absolute atomic E-state index is 6.11. The van der Waals surface area contributed by atoms with Gasteiger partial charge < -0.3 is 10.1 Å².